The summed E-state index contributed by atoms with van der Waals surface area (Å²) in [7, 11) is -0.357. The second kappa shape index (κ2) is 9.75. The average molecular weight is 434 g/mol. The van der Waals surface area contributed by atoms with E-state index < -0.39 is 10.2 Å². The third-order valence-electron chi connectivity index (χ3n) is 4.98. The smallest absolute Gasteiger partial charge is 0.281 e. The molecule has 1 heterocycles. The summed E-state index contributed by atoms with van der Waals surface area (Å²) in [6, 6.07) is 18.1. The Morgan fingerprint density at radius 3 is 2.28 bits per heavy atom. The fraction of sp³-hybridized carbons (Fsp3) is 0.381. The first-order valence-electron chi connectivity index (χ1n) is 9.61. The van der Waals surface area contributed by atoms with Crippen LogP contribution in [0.4, 0.5) is 5.69 Å². The summed E-state index contributed by atoms with van der Waals surface area (Å²) in [5, 5.41) is 2.96. The highest BCUT2D eigenvalue weighted by Gasteiger charge is 2.32. The fourth-order valence-corrected chi connectivity index (χ4v) is 5.20. The van der Waals surface area contributed by atoms with Crippen molar-refractivity contribution in [3.63, 3.8) is 0 Å². The number of nitrogens with one attached hydrogen (secondary N) is 1. The topological polar surface area (TPSA) is 69.7 Å². The molecule has 8 heteroatoms. The normalized spacial score (nSPS) is 16.1. The van der Waals surface area contributed by atoms with Crippen molar-refractivity contribution in [2.75, 3.05) is 32.5 Å². The van der Waals surface area contributed by atoms with Crippen LogP contribution in [0, 0.1) is 5.92 Å². The van der Waals surface area contributed by atoms with Gasteiger partial charge in [-0.15, -0.1) is 11.8 Å². The maximum absolute atomic E-state index is 12.6. The molecule has 1 aliphatic heterocycles. The molecule has 3 rings (SSSR count). The second-order valence-electron chi connectivity index (χ2n) is 7.25. The highest BCUT2D eigenvalue weighted by atomic mass is 32.2. The summed E-state index contributed by atoms with van der Waals surface area (Å²) in [4.78, 5) is 13.8. The Hall–Kier alpha value is -1.87. The molecule has 1 fully saturated rings. The van der Waals surface area contributed by atoms with E-state index in [1.807, 2.05) is 42.5 Å². The zero-order valence-corrected chi connectivity index (χ0v) is 18.4. The Morgan fingerprint density at radius 2 is 1.69 bits per heavy atom. The van der Waals surface area contributed by atoms with Gasteiger partial charge in [0.15, 0.2) is 0 Å². The molecule has 0 bridgehead atoms. The summed E-state index contributed by atoms with van der Waals surface area (Å²) in [6.07, 6.45) is 1.06. The van der Waals surface area contributed by atoms with Crippen LogP contribution < -0.4 is 5.32 Å². The van der Waals surface area contributed by atoms with E-state index in [1.165, 1.54) is 33.2 Å². The van der Waals surface area contributed by atoms with Gasteiger partial charge in [0, 0.05) is 49.4 Å². The van der Waals surface area contributed by atoms with Gasteiger partial charge >= 0.3 is 0 Å². The summed E-state index contributed by atoms with van der Waals surface area (Å²) >= 11 is 1.78. The maximum Gasteiger partial charge on any atom is 0.281 e. The van der Waals surface area contributed by atoms with Gasteiger partial charge in [0.25, 0.3) is 10.2 Å². The molecule has 1 saturated heterocycles. The fourth-order valence-electron chi connectivity index (χ4n) is 3.19. The van der Waals surface area contributed by atoms with Crippen LogP contribution in [-0.4, -0.2) is 50.1 Å². The molecule has 1 aliphatic rings. The van der Waals surface area contributed by atoms with Crippen molar-refractivity contribution in [2.24, 2.45) is 5.92 Å². The predicted molar refractivity (Wildman–Crippen MR) is 118 cm³/mol. The quantitative estimate of drug-likeness (QED) is 0.679. The average Bonchev–Trinajstić information content (AvgIpc) is 2.74. The number of thioether (sulfide) groups is 1. The molecular weight excluding hydrogens is 406 g/mol. The minimum absolute atomic E-state index is 0.0432. The summed E-state index contributed by atoms with van der Waals surface area (Å²) < 4.78 is 27.0. The molecule has 29 heavy (non-hydrogen) atoms. The number of piperidine rings is 1. The summed E-state index contributed by atoms with van der Waals surface area (Å²) in [6.45, 7) is 0.739. The van der Waals surface area contributed by atoms with Crippen LogP contribution in [0.2, 0.25) is 0 Å². The monoisotopic (exact) mass is 433 g/mol. The number of rotatable bonds is 7. The van der Waals surface area contributed by atoms with E-state index in [9.17, 15) is 13.2 Å². The maximum atomic E-state index is 12.6. The first kappa shape index (κ1) is 21.8. The van der Waals surface area contributed by atoms with E-state index in [0.29, 0.717) is 25.9 Å². The van der Waals surface area contributed by atoms with Gasteiger partial charge in [-0.05, 0) is 42.7 Å². The second-order valence-corrected chi connectivity index (χ2v) is 10.4. The van der Waals surface area contributed by atoms with E-state index in [4.69, 9.17) is 0 Å². The van der Waals surface area contributed by atoms with E-state index in [-0.39, 0.29) is 11.8 Å². The minimum Gasteiger partial charge on any atom is -0.326 e. The number of benzene rings is 2. The molecule has 1 amide bonds. The Labute approximate surface area is 177 Å². The molecule has 0 atom stereocenters. The lowest BCUT2D eigenvalue weighted by atomic mass is 9.97. The predicted octanol–water partition coefficient (Wildman–Crippen LogP) is 3.44. The number of amides is 1. The van der Waals surface area contributed by atoms with Crippen LogP contribution in [0.3, 0.4) is 0 Å². The molecular formula is C21H27N3O3S2. The molecule has 0 spiro atoms. The van der Waals surface area contributed by atoms with Crippen molar-refractivity contribution < 1.29 is 13.2 Å². The molecule has 2 aromatic carbocycles. The summed E-state index contributed by atoms with van der Waals surface area (Å²) in [5.74, 6) is 0.659. The Bertz CT molecular complexity index is 908. The van der Waals surface area contributed by atoms with Crippen LogP contribution in [-0.2, 0) is 20.8 Å². The van der Waals surface area contributed by atoms with Crippen LogP contribution in [0.25, 0.3) is 0 Å². The van der Waals surface area contributed by atoms with E-state index in [0.717, 1.165) is 11.4 Å². The van der Waals surface area contributed by atoms with Crippen molar-refractivity contribution in [1.29, 1.82) is 0 Å². The minimum atomic E-state index is -3.41. The van der Waals surface area contributed by atoms with Gasteiger partial charge in [-0.3, -0.25) is 4.79 Å². The highest BCUT2D eigenvalue weighted by Crippen LogP contribution is 2.24. The summed E-state index contributed by atoms with van der Waals surface area (Å²) in [5.41, 5.74) is 1.96. The Kier molecular flexibility index (Phi) is 7.34. The molecule has 6 nitrogen and oxygen atoms in total. The van der Waals surface area contributed by atoms with E-state index in [1.54, 1.807) is 11.8 Å². The standard InChI is InChI=1S/C21H27N3O3S2/c1-23(2)29(26,27)24-14-12-18(13-15-24)21(25)22-19-10-8-17(9-11-19)16-28-20-6-4-3-5-7-20/h3-11,18H,12-16H2,1-2H3,(H,22,25). The lowest BCUT2D eigenvalue weighted by molar-refractivity contribution is -0.120. The Balaban J connectivity index is 1.48. The van der Waals surface area contributed by atoms with Crippen molar-refractivity contribution in [2.45, 2.75) is 23.5 Å². The molecule has 0 aliphatic carbocycles. The highest BCUT2D eigenvalue weighted by molar-refractivity contribution is 7.98. The van der Waals surface area contributed by atoms with Gasteiger partial charge in [0.05, 0.1) is 0 Å². The van der Waals surface area contributed by atoms with Crippen molar-refractivity contribution in [1.82, 2.24) is 8.61 Å². The first-order valence-corrected chi connectivity index (χ1v) is 12.0. The lowest BCUT2D eigenvalue weighted by Gasteiger charge is -2.32. The number of carbonyl (C=O) groups excluding carboxylic acids is 1. The third kappa shape index (κ3) is 5.82. The largest absolute Gasteiger partial charge is 0.326 e. The zero-order valence-electron chi connectivity index (χ0n) is 16.7. The first-order chi connectivity index (χ1) is 13.9. The molecule has 0 aromatic heterocycles. The lowest BCUT2D eigenvalue weighted by Crippen LogP contribution is -2.46. The van der Waals surface area contributed by atoms with Crippen LogP contribution in [0.5, 0.6) is 0 Å². The molecule has 0 unspecified atom stereocenters. The number of carbonyl (C=O) groups is 1. The van der Waals surface area contributed by atoms with E-state index >= 15 is 0 Å². The zero-order chi connectivity index (χ0) is 20.9. The van der Waals surface area contributed by atoms with Gasteiger partial charge in [0.2, 0.25) is 5.91 Å². The van der Waals surface area contributed by atoms with Gasteiger partial charge < -0.3 is 5.32 Å². The molecule has 2 aromatic rings. The SMILES string of the molecule is CN(C)S(=O)(=O)N1CCC(C(=O)Nc2ccc(CSc3ccccc3)cc2)CC1. The van der Waals surface area contributed by atoms with Gasteiger partial charge in [-0.25, -0.2) is 0 Å². The number of anilines is 1. The van der Waals surface area contributed by atoms with Crippen molar-refractivity contribution in [3.05, 3.63) is 60.2 Å². The third-order valence-corrected chi connectivity index (χ3v) is 8.01. The van der Waals surface area contributed by atoms with Crippen molar-refractivity contribution in [3.8, 4) is 0 Å². The van der Waals surface area contributed by atoms with Gasteiger partial charge in [-0.2, -0.15) is 17.0 Å². The van der Waals surface area contributed by atoms with Gasteiger partial charge in [-0.1, -0.05) is 30.3 Å². The number of hydrogen-bond donors (Lipinski definition) is 1. The molecule has 156 valence electrons. The number of nitrogens with zero attached hydrogens (tertiary/aromatic N) is 2. The van der Waals surface area contributed by atoms with Crippen LogP contribution in [0.15, 0.2) is 59.5 Å². The van der Waals surface area contributed by atoms with E-state index in [2.05, 4.69) is 17.4 Å². The molecule has 1 N–H and O–H groups in total. The molecule has 0 saturated carbocycles. The molecule has 0 radical (unpaired) electrons. The van der Waals surface area contributed by atoms with Crippen LogP contribution >= 0.6 is 11.8 Å². The number of hydrogen-bond acceptors (Lipinski definition) is 4. The van der Waals surface area contributed by atoms with Crippen molar-refractivity contribution >= 4 is 33.6 Å². The Morgan fingerprint density at radius 1 is 1.07 bits per heavy atom. The van der Waals surface area contributed by atoms with Gasteiger partial charge in [0.1, 0.15) is 0 Å². The van der Waals surface area contributed by atoms with Crippen LogP contribution in [0.1, 0.15) is 18.4 Å².